The minimum absolute atomic E-state index is 0.0888. The summed E-state index contributed by atoms with van der Waals surface area (Å²) in [6.07, 6.45) is 7.80. The van der Waals surface area contributed by atoms with E-state index in [4.69, 9.17) is 32.9 Å². The molecular weight excluding hydrogens is 873 g/mol. The van der Waals surface area contributed by atoms with Gasteiger partial charge in [-0.25, -0.2) is 9.97 Å². The zero-order valence-electron chi connectivity index (χ0n) is 37.5. The van der Waals surface area contributed by atoms with Gasteiger partial charge in [0, 0.05) is 71.2 Å². The number of hydrogen-bond donors (Lipinski definition) is 1. The Bertz CT molecular complexity index is 2520. The highest BCUT2D eigenvalue weighted by Crippen LogP contribution is 2.39. The fraction of sp³-hybridized carbons (Fsp3) is 0.362. The summed E-state index contributed by atoms with van der Waals surface area (Å²) in [5.41, 5.74) is 4.01. The van der Waals surface area contributed by atoms with Crippen LogP contribution < -0.4 is 19.9 Å². The molecule has 4 aromatic rings. The molecule has 0 aliphatic carbocycles. The number of methoxy groups -OCH3 is 1. The first kappa shape index (κ1) is 47.9. The zero-order valence-corrected chi connectivity index (χ0v) is 39.0. The number of benzene rings is 2. The molecule has 1 N–H and O–H groups in total. The Labute approximate surface area is 388 Å². The van der Waals surface area contributed by atoms with Gasteiger partial charge in [-0.3, -0.25) is 39.0 Å². The van der Waals surface area contributed by atoms with Crippen molar-refractivity contribution in [2.24, 2.45) is 0 Å². The summed E-state index contributed by atoms with van der Waals surface area (Å²) >= 11 is 11.9. The maximum atomic E-state index is 14.0. The summed E-state index contributed by atoms with van der Waals surface area (Å²) in [4.78, 5) is 93.6. The zero-order chi connectivity index (χ0) is 47.1. The number of fused-ring (bicyclic) bond motifs is 1. The molecule has 5 heterocycles. The molecule has 3 aliphatic rings. The molecular formula is C47H53Cl2N9O7. The highest BCUT2D eigenvalue weighted by molar-refractivity contribution is 6.31. The molecule has 0 saturated carbocycles. The topological polar surface area (TPSA) is 171 Å². The number of carbonyl (C=O) groups is 6. The van der Waals surface area contributed by atoms with Crippen molar-refractivity contribution in [3.05, 3.63) is 111 Å². The summed E-state index contributed by atoms with van der Waals surface area (Å²) in [5, 5.41) is 3.47. The number of aromatic nitrogens is 3. The second-order valence-electron chi connectivity index (χ2n) is 16.4. The van der Waals surface area contributed by atoms with Crippen molar-refractivity contribution in [3.63, 3.8) is 0 Å². The van der Waals surface area contributed by atoms with E-state index in [0.29, 0.717) is 72.7 Å². The van der Waals surface area contributed by atoms with Gasteiger partial charge >= 0.3 is 0 Å². The van der Waals surface area contributed by atoms with Crippen LogP contribution in [0.4, 0.5) is 11.4 Å². The molecule has 3 aliphatic heterocycles. The Morgan fingerprint density at radius 3 is 2.26 bits per heavy atom. The van der Waals surface area contributed by atoms with Crippen molar-refractivity contribution >= 4 is 70.9 Å². The number of aldehydes is 1. The van der Waals surface area contributed by atoms with Gasteiger partial charge in [-0.05, 0) is 81.0 Å². The molecule has 342 valence electrons. The van der Waals surface area contributed by atoms with Crippen LogP contribution in [0.5, 0.6) is 5.88 Å². The fourth-order valence-corrected chi connectivity index (χ4v) is 8.70. The Morgan fingerprint density at radius 2 is 1.68 bits per heavy atom. The maximum Gasteiger partial charge on any atom is 0.279 e. The minimum atomic E-state index is -0.552. The number of hydrogen-bond acceptors (Lipinski definition) is 11. The van der Waals surface area contributed by atoms with Crippen LogP contribution in [0.2, 0.25) is 5.02 Å². The normalized spacial score (nSPS) is 16.7. The van der Waals surface area contributed by atoms with Crippen LogP contribution in [0.1, 0.15) is 83.6 Å². The molecule has 1 atom stereocenters. The van der Waals surface area contributed by atoms with Crippen molar-refractivity contribution in [3.8, 4) is 17.3 Å². The van der Waals surface area contributed by atoms with Crippen LogP contribution in [0.25, 0.3) is 11.4 Å². The minimum Gasteiger partial charge on any atom is -0.480 e. The van der Waals surface area contributed by atoms with E-state index in [1.165, 1.54) is 29.2 Å². The van der Waals surface area contributed by atoms with Crippen LogP contribution >= 0.6 is 23.2 Å². The number of likely N-dealkylation sites (N-methyl/N-ethyl adjacent to an activating group) is 1. The molecule has 7 rings (SSSR count). The number of allylic oxidation sites excluding steroid dienone is 3. The Kier molecular flexibility index (Phi) is 15.5. The molecule has 2 aromatic heterocycles. The number of nitrogens with one attached hydrogen (secondary N) is 1. The van der Waals surface area contributed by atoms with E-state index < -0.39 is 11.9 Å². The fourth-order valence-electron chi connectivity index (χ4n) is 8.25. The van der Waals surface area contributed by atoms with Gasteiger partial charge in [0.05, 0.1) is 52.6 Å². The molecule has 65 heavy (non-hydrogen) atoms. The maximum absolute atomic E-state index is 14.0. The predicted molar refractivity (Wildman–Crippen MR) is 249 cm³/mol. The molecule has 0 bridgehead atoms. The summed E-state index contributed by atoms with van der Waals surface area (Å²) in [6.45, 7) is 4.94. The van der Waals surface area contributed by atoms with Crippen LogP contribution in [0, 0.1) is 0 Å². The van der Waals surface area contributed by atoms with Gasteiger partial charge in [-0.1, -0.05) is 47.5 Å². The van der Waals surface area contributed by atoms with E-state index in [1.54, 1.807) is 55.2 Å². The first-order valence-electron chi connectivity index (χ1n) is 21.1. The number of pyridine rings is 1. The van der Waals surface area contributed by atoms with E-state index in [9.17, 15) is 28.8 Å². The number of ether oxygens (including phenoxy) is 1. The number of anilines is 2. The van der Waals surface area contributed by atoms with Crippen LogP contribution in [0.3, 0.4) is 0 Å². The van der Waals surface area contributed by atoms with Crippen LogP contribution in [-0.4, -0.2) is 120 Å². The number of amides is 5. The highest BCUT2D eigenvalue weighted by Gasteiger charge is 2.38. The Hall–Kier alpha value is -6.52. The molecule has 0 radical (unpaired) electrons. The first-order valence-corrected chi connectivity index (χ1v) is 21.9. The first-order chi connectivity index (χ1) is 31.1. The lowest BCUT2D eigenvalue weighted by Crippen LogP contribution is -2.51. The van der Waals surface area contributed by atoms with E-state index in [2.05, 4.69) is 10.3 Å². The number of imide groups is 1. The lowest BCUT2D eigenvalue weighted by atomic mass is 9.88. The van der Waals surface area contributed by atoms with E-state index in [-0.39, 0.29) is 65.0 Å². The lowest BCUT2D eigenvalue weighted by Gasteiger charge is -2.35. The van der Waals surface area contributed by atoms with Crippen molar-refractivity contribution in [2.45, 2.75) is 64.1 Å². The molecule has 5 amide bonds. The molecule has 0 spiro atoms. The molecule has 2 fully saturated rings. The van der Waals surface area contributed by atoms with Crippen LogP contribution in [0.15, 0.2) is 83.8 Å². The molecule has 16 nitrogen and oxygen atoms in total. The molecule has 2 aromatic carbocycles. The molecule has 18 heteroatoms. The van der Waals surface area contributed by atoms with E-state index in [1.807, 2.05) is 66.9 Å². The number of carbonyl (C=O) groups excluding carboxylic acids is 6. The number of piperidine rings is 2. The summed E-state index contributed by atoms with van der Waals surface area (Å²) in [7, 11) is 8.50. The second kappa shape index (κ2) is 21.0. The predicted octanol–water partition coefficient (Wildman–Crippen LogP) is 6.41. The van der Waals surface area contributed by atoms with Crippen LogP contribution in [-0.2, 0) is 25.7 Å². The number of halogens is 2. The number of rotatable bonds is 13. The van der Waals surface area contributed by atoms with Gasteiger partial charge in [0.2, 0.25) is 24.1 Å². The number of likely N-dealkylation sites (tertiary alicyclic amines) is 1. The monoisotopic (exact) mass is 925 g/mol. The number of nitrogens with zero attached hydrogens (tertiary/aromatic N) is 8. The quantitative estimate of drug-likeness (QED) is 0.0681. The molecule has 1 unspecified atom stereocenters. The second-order valence-corrected chi connectivity index (χ2v) is 17.3. The van der Waals surface area contributed by atoms with Crippen molar-refractivity contribution in [2.75, 3.05) is 58.2 Å². The standard InChI is InChI=1S/C41H48ClN9O7.C6H5Cl/c1-24(2)51-34-21-50(29(22-52)18-28(42)20-46(3)4)41(57)36(34)45-37(51)30-16-27(19-43-39(30)58-7)40(56)49-14-12-25(13-15-49)26-8-9-31(33(17-26)47(5)23-53)48(6)32-10-11-35(54)44-38(32)55;7-6-4-2-1-3-5-6/h8-9,16-20,22-25,32H,10-15,21H2,1-7H3,(H,44,54,55);1-5H/b28-20+,29-18+;. The van der Waals surface area contributed by atoms with Gasteiger partial charge < -0.3 is 28.9 Å². The Balaban J connectivity index is 0.000000912. The average Bonchev–Trinajstić information content (AvgIpc) is 3.83. The SMILES string of the molecule is COc1ncc(C(=O)N2CCC(c3ccc(N(C)C4CCC(=O)NC4=O)c(N(C)C=O)c3)CC2)cc1-c1nc2c(n1C(C)C)CN(/C(C=O)=C/C(Cl)=C\N(C)C)C2=O.Clc1ccccc1. The van der Waals surface area contributed by atoms with Crippen molar-refractivity contribution in [1.29, 1.82) is 0 Å². The molecule has 2 saturated heterocycles. The van der Waals surface area contributed by atoms with Crippen molar-refractivity contribution in [1.82, 2.24) is 34.6 Å². The largest absolute Gasteiger partial charge is 0.480 e. The average molecular weight is 927 g/mol. The van der Waals surface area contributed by atoms with Gasteiger partial charge in [-0.15, -0.1) is 0 Å². The highest BCUT2D eigenvalue weighted by atomic mass is 35.5. The van der Waals surface area contributed by atoms with Gasteiger partial charge in [-0.2, -0.15) is 0 Å². The summed E-state index contributed by atoms with van der Waals surface area (Å²) in [6, 6.07) is 16.3. The third kappa shape index (κ3) is 10.7. The number of imidazole rings is 1. The lowest BCUT2D eigenvalue weighted by molar-refractivity contribution is -0.134. The third-order valence-corrected chi connectivity index (χ3v) is 12.0. The van der Waals surface area contributed by atoms with E-state index >= 15 is 0 Å². The third-order valence-electron chi connectivity index (χ3n) is 11.5. The van der Waals surface area contributed by atoms with Gasteiger partial charge in [0.25, 0.3) is 11.8 Å². The van der Waals surface area contributed by atoms with Gasteiger partial charge in [0.1, 0.15) is 11.9 Å². The summed E-state index contributed by atoms with van der Waals surface area (Å²) < 4.78 is 7.53. The van der Waals surface area contributed by atoms with E-state index in [0.717, 1.165) is 17.0 Å². The smallest absolute Gasteiger partial charge is 0.279 e. The summed E-state index contributed by atoms with van der Waals surface area (Å²) in [5.74, 6) is -0.570. The van der Waals surface area contributed by atoms with Crippen molar-refractivity contribution < 1.29 is 33.5 Å². The Morgan fingerprint density at radius 1 is 0.969 bits per heavy atom. The van der Waals surface area contributed by atoms with Gasteiger partial charge in [0.15, 0.2) is 12.0 Å².